The lowest BCUT2D eigenvalue weighted by Gasteiger charge is -2.10. The van der Waals surface area contributed by atoms with Crippen molar-refractivity contribution in [2.45, 2.75) is 6.92 Å². The maximum Gasteiger partial charge on any atom is 0.273 e. The van der Waals surface area contributed by atoms with Gasteiger partial charge in [0.1, 0.15) is 5.82 Å². The second-order valence-electron chi connectivity index (χ2n) is 6.12. The van der Waals surface area contributed by atoms with E-state index in [2.05, 4.69) is 15.8 Å². The summed E-state index contributed by atoms with van der Waals surface area (Å²) in [5.74, 6) is -1.33. The van der Waals surface area contributed by atoms with Gasteiger partial charge in [-0.05, 0) is 48.9 Å². The Morgan fingerprint density at radius 2 is 1.57 bits per heavy atom. The molecule has 5 nitrogen and oxygen atoms in total. The number of hydrogen-bond acceptors (Lipinski definition) is 3. The third-order valence-electron chi connectivity index (χ3n) is 3.98. The predicted octanol–water partition coefficient (Wildman–Crippen LogP) is 4.15. The minimum atomic E-state index is -0.460. The van der Waals surface area contributed by atoms with Crippen molar-refractivity contribution in [2.75, 3.05) is 5.32 Å². The molecule has 0 unspecified atom stereocenters. The molecular formula is C22H18FN3O2. The summed E-state index contributed by atoms with van der Waals surface area (Å²) in [6.07, 6.45) is 1.54. The first-order valence-corrected chi connectivity index (χ1v) is 8.59. The number of hydrogen-bond donors (Lipinski definition) is 2. The zero-order chi connectivity index (χ0) is 19.9. The second kappa shape index (κ2) is 8.73. The molecule has 0 aliphatic heterocycles. The first-order chi connectivity index (χ1) is 13.5. The zero-order valence-corrected chi connectivity index (χ0v) is 15.1. The summed E-state index contributed by atoms with van der Waals surface area (Å²) in [6, 6.07) is 19.4. The maximum absolute atomic E-state index is 13.0. The molecule has 6 heteroatoms. The quantitative estimate of drug-likeness (QED) is 0.519. The molecular weight excluding hydrogens is 357 g/mol. The van der Waals surface area contributed by atoms with Crippen LogP contribution in [0.5, 0.6) is 0 Å². The molecule has 28 heavy (non-hydrogen) atoms. The van der Waals surface area contributed by atoms with E-state index in [1.54, 1.807) is 24.3 Å². The van der Waals surface area contributed by atoms with Gasteiger partial charge in [-0.25, -0.2) is 9.82 Å². The third-order valence-corrected chi connectivity index (χ3v) is 3.98. The van der Waals surface area contributed by atoms with Gasteiger partial charge in [-0.3, -0.25) is 9.59 Å². The normalized spacial score (nSPS) is 10.6. The van der Waals surface area contributed by atoms with Crippen molar-refractivity contribution in [3.63, 3.8) is 0 Å². The van der Waals surface area contributed by atoms with Crippen molar-refractivity contribution in [1.82, 2.24) is 5.43 Å². The van der Waals surface area contributed by atoms with Gasteiger partial charge in [-0.15, -0.1) is 0 Å². The van der Waals surface area contributed by atoms with Crippen LogP contribution in [-0.2, 0) is 0 Å². The van der Waals surface area contributed by atoms with Crippen LogP contribution < -0.4 is 10.7 Å². The van der Waals surface area contributed by atoms with Gasteiger partial charge in [0.05, 0.1) is 17.5 Å². The van der Waals surface area contributed by atoms with E-state index in [9.17, 15) is 14.0 Å². The summed E-state index contributed by atoms with van der Waals surface area (Å²) < 4.78 is 13.0. The molecule has 0 bridgehead atoms. The van der Waals surface area contributed by atoms with Gasteiger partial charge in [-0.2, -0.15) is 5.10 Å². The van der Waals surface area contributed by atoms with E-state index in [0.29, 0.717) is 5.69 Å². The number of amides is 2. The molecule has 0 aromatic heterocycles. The number of nitrogens with one attached hydrogen (secondary N) is 2. The Labute approximate surface area is 161 Å². The average Bonchev–Trinajstić information content (AvgIpc) is 2.70. The molecule has 0 saturated carbocycles. The lowest BCUT2D eigenvalue weighted by Crippen LogP contribution is -2.21. The van der Waals surface area contributed by atoms with E-state index >= 15 is 0 Å². The van der Waals surface area contributed by atoms with E-state index in [4.69, 9.17) is 0 Å². The van der Waals surface area contributed by atoms with Gasteiger partial charge in [0.15, 0.2) is 0 Å². The monoisotopic (exact) mass is 375 g/mol. The minimum Gasteiger partial charge on any atom is -0.321 e. The van der Waals surface area contributed by atoms with Crippen LogP contribution in [-0.4, -0.2) is 18.0 Å². The van der Waals surface area contributed by atoms with Crippen LogP contribution in [0, 0.1) is 12.7 Å². The molecule has 0 spiro atoms. The fourth-order valence-electron chi connectivity index (χ4n) is 2.46. The van der Waals surface area contributed by atoms with Crippen LogP contribution >= 0.6 is 0 Å². The van der Waals surface area contributed by atoms with Crippen molar-refractivity contribution >= 4 is 23.7 Å². The molecule has 0 radical (unpaired) electrons. The van der Waals surface area contributed by atoms with Gasteiger partial charge >= 0.3 is 0 Å². The van der Waals surface area contributed by atoms with Gasteiger partial charge < -0.3 is 5.32 Å². The SMILES string of the molecule is Cc1ccc(/C=N/NC(=O)c2ccccc2NC(=O)c2ccc(F)cc2)cc1. The first kappa shape index (κ1) is 19.0. The maximum atomic E-state index is 13.0. The summed E-state index contributed by atoms with van der Waals surface area (Å²) in [4.78, 5) is 24.8. The highest BCUT2D eigenvalue weighted by Crippen LogP contribution is 2.16. The Kier molecular flexibility index (Phi) is 5.91. The molecule has 3 rings (SSSR count). The number of halogens is 1. The van der Waals surface area contributed by atoms with E-state index in [1.165, 1.54) is 30.5 Å². The van der Waals surface area contributed by atoms with E-state index in [1.807, 2.05) is 31.2 Å². The molecule has 0 aliphatic rings. The number of anilines is 1. The molecule has 140 valence electrons. The predicted molar refractivity (Wildman–Crippen MR) is 107 cm³/mol. The zero-order valence-electron chi connectivity index (χ0n) is 15.1. The van der Waals surface area contributed by atoms with Crippen molar-refractivity contribution in [3.05, 3.63) is 101 Å². The molecule has 0 heterocycles. The van der Waals surface area contributed by atoms with Crippen LogP contribution in [0.15, 0.2) is 77.9 Å². The van der Waals surface area contributed by atoms with Gasteiger partial charge in [0.25, 0.3) is 11.8 Å². The van der Waals surface area contributed by atoms with Crippen molar-refractivity contribution in [2.24, 2.45) is 5.10 Å². The number of aryl methyl sites for hydroxylation is 1. The van der Waals surface area contributed by atoms with Crippen molar-refractivity contribution in [1.29, 1.82) is 0 Å². The Morgan fingerprint density at radius 3 is 2.29 bits per heavy atom. The lowest BCUT2D eigenvalue weighted by atomic mass is 10.1. The van der Waals surface area contributed by atoms with Gasteiger partial charge in [0.2, 0.25) is 0 Å². The molecule has 0 saturated heterocycles. The largest absolute Gasteiger partial charge is 0.321 e. The smallest absolute Gasteiger partial charge is 0.273 e. The topological polar surface area (TPSA) is 70.6 Å². The Hall–Kier alpha value is -3.80. The number of hydrazone groups is 1. The van der Waals surface area contributed by atoms with E-state index in [0.717, 1.165) is 11.1 Å². The highest BCUT2D eigenvalue weighted by atomic mass is 19.1. The third kappa shape index (κ3) is 4.88. The van der Waals surface area contributed by atoms with Crippen LogP contribution in [0.3, 0.4) is 0 Å². The fraction of sp³-hybridized carbons (Fsp3) is 0.0455. The molecule has 0 aliphatic carbocycles. The number of para-hydroxylation sites is 1. The summed E-state index contributed by atoms with van der Waals surface area (Å²) in [7, 11) is 0. The molecule has 2 N–H and O–H groups in total. The first-order valence-electron chi connectivity index (χ1n) is 8.59. The van der Waals surface area contributed by atoms with Crippen molar-refractivity contribution < 1.29 is 14.0 Å². The van der Waals surface area contributed by atoms with Gasteiger partial charge in [0, 0.05) is 5.56 Å². The van der Waals surface area contributed by atoms with Crippen LogP contribution in [0.4, 0.5) is 10.1 Å². The van der Waals surface area contributed by atoms with Crippen molar-refractivity contribution in [3.8, 4) is 0 Å². The minimum absolute atomic E-state index is 0.263. The molecule has 0 fully saturated rings. The summed E-state index contributed by atoms with van der Waals surface area (Å²) >= 11 is 0. The second-order valence-corrected chi connectivity index (χ2v) is 6.12. The highest BCUT2D eigenvalue weighted by molar-refractivity contribution is 6.09. The van der Waals surface area contributed by atoms with E-state index in [-0.39, 0.29) is 11.1 Å². The number of carbonyl (C=O) groups is 2. The van der Waals surface area contributed by atoms with Gasteiger partial charge in [-0.1, -0.05) is 42.0 Å². The molecule has 0 atom stereocenters. The molecule has 3 aromatic carbocycles. The summed E-state index contributed by atoms with van der Waals surface area (Å²) in [6.45, 7) is 1.99. The molecule has 3 aromatic rings. The molecule has 2 amide bonds. The average molecular weight is 375 g/mol. The fourth-order valence-corrected chi connectivity index (χ4v) is 2.46. The number of rotatable bonds is 5. The lowest BCUT2D eigenvalue weighted by molar-refractivity contribution is 0.0956. The van der Waals surface area contributed by atoms with E-state index < -0.39 is 17.6 Å². The van der Waals surface area contributed by atoms with Crippen LogP contribution in [0.1, 0.15) is 31.8 Å². The Bertz CT molecular complexity index is 1010. The Balaban J connectivity index is 1.70. The highest BCUT2D eigenvalue weighted by Gasteiger charge is 2.13. The summed E-state index contributed by atoms with van der Waals surface area (Å²) in [5.41, 5.74) is 5.32. The van der Waals surface area contributed by atoms with Crippen LogP contribution in [0.25, 0.3) is 0 Å². The van der Waals surface area contributed by atoms with Crippen LogP contribution in [0.2, 0.25) is 0 Å². The number of carbonyl (C=O) groups excluding carboxylic acids is 2. The Morgan fingerprint density at radius 1 is 0.893 bits per heavy atom. The number of benzene rings is 3. The standard InChI is InChI=1S/C22H18FN3O2/c1-15-6-8-16(9-7-15)14-24-26-22(28)19-4-2-3-5-20(19)25-21(27)17-10-12-18(23)13-11-17/h2-14H,1H3,(H,25,27)(H,26,28)/b24-14+. The number of nitrogens with zero attached hydrogens (tertiary/aromatic N) is 1. The summed E-state index contributed by atoms with van der Waals surface area (Å²) in [5, 5.41) is 6.62.